The van der Waals surface area contributed by atoms with Crippen LogP contribution in [-0.4, -0.2) is 36.6 Å². The first-order chi connectivity index (χ1) is 55.3. The molecular formula is C100H134Cl8O3Zr4. The van der Waals surface area contributed by atoms with Gasteiger partial charge in [-0.05, 0) is 81.6 Å². The molecule has 115 heavy (non-hydrogen) atoms. The third-order valence-corrected chi connectivity index (χ3v) is 18.5. The van der Waals surface area contributed by atoms with Gasteiger partial charge in [0.05, 0.1) is 16.8 Å². The number of ether oxygens (including phenoxy) is 3. The Morgan fingerprint density at radius 1 is 0.322 bits per heavy atom. The fraction of sp³-hybridized carbons (Fsp3) is 0.420. The van der Waals surface area contributed by atoms with Gasteiger partial charge < -0.3 is 14.2 Å². The summed E-state index contributed by atoms with van der Waals surface area (Å²) in [5.41, 5.74) is 15.8. The Morgan fingerprint density at radius 2 is 0.670 bits per heavy atom. The van der Waals surface area contributed by atoms with Crippen LogP contribution in [0.4, 0.5) is 0 Å². The average Bonchev–Trinajstić information content (AvgIpc) is 1.69. The minimum absolute atomic E-state index is 0.0231. The van der Waals surface area contributed by atoms with Crippen LogP contribution in [-0.2, 0) is 130 Å². The number of aryl methyl sites for hydroxylation is 7. The second kappa shape index (κ2) is 71.6. The van der Waals surface area contributed by atoms with Gasteiger partial charge in [0.2, 0.25) is 0 Å². The van der Waals surface area contributed by atoms with E-state index in [0.29, 0.717) is 0 Å². The van der Waals surface area contributed by atoms with Crippen molar-refractivity contribution in [2.24, 2.45) is 0 Å². The molecule has 3 nitrogen and oxygen atoms in total. The third-order valence-electron chi connectivity index (χ3n) is 18.5. The molecule has 0 aliphatic carbocycles. The SMILES string of the molecule is CC(C)(C)OCCCCCCc1cc[cH-]c1.CC(C)(C)OCCCCCCc1cc[cH-]c1.CC(C)(C)OCCCCCCc1cc[cH-]c1.CCCCc1c[cH-]c2ccccc12.CCCCc1cc[cH-]c1.Cc1[cH-]c(C)c(C)c1C.[Cl][Zr+2][Cl].[Cl][Zr+2][Cl].[Cl][Zr+2][Cl].[Cl][Zr+2][Cl].c1ccc(-c2cc3ccccc3[cH-]2)cc1.c1ccc2[cH-]ccc2c1. The third kappa shape index (κ3) is 59.6. The molecule has 0 saturated carbocycles. The molecule has 0 fully saturated rings. The van der Waals surface area contributed by atoms with Gasteiger partial charge in [0.25, 0.3) is 0 Å². The largest absolute Gasteiger partial charge is 0.168 e. The summed E-state index contributed by atoms with van der Waals surface area (Å²) in [5.74, 6) is 0. The fourth-order valence-electron chi connectivity index (χ4n) is 12.1. The molecule has 0 saturated heterocycles. The minimum Gasteiger partial charge on any atom is -0.168 e. The van der Waals surface area contributed by atoms with Gasteiger partial charge in [0.1, 0.15) is 0 Å². The molecule has 12 aromatic carbocycles. The van der Waals surface area contributed by atoms with Gasteiger partial charge in [-0.2, -0.15) is 146 Å². The van der Waals surface area contributed by atoms with Gasteiger partial charge in [0.15, 0.2) is 0 Å². The quantitative estimate of drug-likeness (QED) is 0.0361. The average molecular weight is 2030 g/mol. The zero-order valence-corrected chi connectivity index (χ0v) is 87.8. The van der Waals surface area contributed by atoms with Gasteiger partial charge in [0, 0.05) is 19.8 Å². The number of hydrogen-bond acceptors (Lipinski definition) is 3. The molecule has 0 aliphatic heterocycles. The molecule has 0 heterocycles. The van der Waals surface area contributed by atoms with Crippen molar-refractivity contribution < 1.29 is 97.6 Å². The Hall–Kier alpha value is -1.81. The number of fused-ring (bicyclic) bond motifs is 3. The molecule has 0 spiro atoms. The zero-order chi connectivity index (χ0) is 85.2. The van der Waals surface area contributed by atoms with Crippen molar-refractivity contribution in [3.63, 3.8) is 0 Å². The molecule has 0 N–H and O–H groups in total. The van der Waals surface area contributed by atoms with E-state index in [1.807, 2.05) is 6.07 Å². The molecule has 0 amide bonds. The molecule has 0 radical (unpaired) electrons. The molecule has 0 unspecified atom stereocenters. The smallest absolute Gasteiger partial charge is 0.0635 e. The molecular weight excluding hydrogens is 1900 g/mol. The second-order valence-corrected chi connectivity index (χ2v) is 46.1. The summed E-state index contributed by atoms with van der Waals surface area (Å²) in [6.07, 6.45) is 26.7. The predicted octanol–water partition coefficient (Wildman–Crippen LogP) is 34.5. The summed E-state index contributed by atoms with van der Waals surface area (Å²) in [4.78, 5) is 0. The van der Waals surface area contributed by atoms with E-state index in [9.17, 15) is 0 Å². The van der Waals surface area contributed by atoms with Gasteiger partial charge in [-0.25, -0.2) is 24.3 Å². The van der Waals surface area contributed by atoms with Crippen molar-refractivity contribution >= 4 is 100 Å². The number of halogens is 8. The Kier molecular flexibility index (Phi) is 69.2. The zero-order valence-electron chi connectivity index (χ0n) is 71.9. The molecule has 15 heteroatoms. The summed E-state index contributed by atoms with van der Waals surface area (Å²) in [6, 6.07) is 88.0. The molecule has 0 bridgehead atoms. The molecule has 624 valence electrons. The van der Waals surface area contributed by atoms with E-state index in [2.05, 4.69) is 347 Å². The summed E-state index contributed by atoms with van der Waals surface area (Å²) in [6.45, 7) is 34.9. The van der Waals surface area contributed by atoms with Crippen molar-refractivity contribution in [2.45, 2.75) is 255 Å². The Bertz CT molecular complexity index is 3800. The summed E-state index contributed by atoms with van der Waals surface area (Å²) in [7, 11) is 39.5. The van der Waals surface area contributed by atoms with E-state index in [1.165, 1.54) is 228 Å². The topological polar surface area (TPSA) is 27.7 Å². The van der Waals surface area contributed by atoms with E-state index in [0.717, 1.165) is 19.8 Å². The maximum Gasteiger partial charge on any atom is -0.0635 e. The first-order valence-corrected chi connectivity index (χ1v) is 66.3. The maximum absolute atomic E-state index is 5.68. The summed E-state index contributed by atoms with van der Waals surface area (Å²) in [5, 5.41) is 8.12. The van der Waals surface area contributed by atoms with E-state index in [-0.39, 0.29) is 16.8 Å². The monoisotopic (exact) mass is 2020 g/mol. The van der Waals surface area contributed by atoms with Crippen molar-refractivity contribution in [1.82, 2.24) is 0 Å². The minimum atomic E-state index is -0.826. The first kappa shape index (κ1) is 111. The van der Waals surface area contributed by atoms with Crippen LogP contribution in [0.1, 0.15) is 229 Å². The second-order valence-electron chi connectivity index (χ2n) is 31.1. The van der Waals surface area contributed by atoms with Crippen molar-refractivity contribution in [3.8, 4) is 11.1 Å². The van der Waals surface area contributed by atoms with Gasteiger partial charge in [-0.3, -0.25) is 0 Å². The van der Waals surface area contributed by atoms with E-state index < -0.39 is 83.4 Å². The van der Waals surface area contributed by atoms with Crippen LogP contribution < -0.4 is 0 Å². The van der Waals surface area contributed by atoms with Crippen LogP contribution in [0.5, 0.6) is 0 Å². The van der Waals surface area contributed by atoms with Crippen LogP contribution in [0.15, 0.2) is 249 Å². The van der Waals surface area contributed by atoms with Crippen LogP contribution >= 0.6 is 68.1 Å². The van der Waals surface area contributed by atoms with Crippen LogP contribution in [0.2, 0.25) is 0 Å². The number of hydrogen-bond donors (Lipinski definition) is 0. The Balaban J connectivity index is 0.000000648. The Labute approximate surface area is 773 Å². The van der Waals surface area contributed by atoms with E-state index >= 15 is 0 Å². The first-order valence-electron chi connectivity index (χ1n) is 41.0. The summed E-state index contributed by atoms with van der Waals surface area (Å²) >= 11 is -3.30. The van der Waals surface area contributed by atoms with E-state index in [1.54, 1.807) is 0 Å². The van der Waals surface area contributed by atoms with Crippen LogP contribution in [0.25, 0.3) is 43.4 Å². The van der Waals surface area contributed by atoms with E-state index in [4.69, 9.17) is 82.3 Å². The van der Waals surface area contributed by atoms with Gasteiger partial charge >= 0.3 is 151 Å². The van der Waals surface area contributed by atoms with Crippen molar-refractivity contribution in [1.29, 1.82) is 0 Å². The number of benzene rings is 4. The van der Waals surface area contributed by atoms with Crippen LogP contribution in [0, 0.1) is 27.7 Å². The fourth-order valence-corrected chi connectivity index (χ4v) is 12.1. The van der Waals surface area contributed by atoms with Crippen molar-refractivity contribution in [2.75, 3.05) is 19.8 Å². The van der Waals surface area contributed by atoms with Crippen molar-refractivity contribution in [3.05, 3.63) is 299 Å². The predicted molar refractivity (Wildman–Crippen MR) is 501 cm³/mol. The molecule has 0 aliphatic rings. The van der Waals surface area contributed by atoms with Gasteiger partial charge in [-0.1, -0.05) is 223 Å². The number of unbranched alkanes of at least 4 members (excludes halogenated alkanes) is 11. The molecule has 0 atom stereocenters. The number of rotatable bonds is 28. The molecule has 12 aromatic rings. The Morgan fingerprint density at radius 3 is 1.03 bits per heavy atom. The normalized spacial score (nSPS) is 10.3. The summed E-state index contributed by atoms with van der Waals surface area (Å²) < 4.78 is 17.0. The molecule has 12 rings (SSSR count). The standard InChI is InChI=1S/3C15H25O.C15H11.C13H15.C9H7.2C9H13.8ClH.4Zr/c3*1-15(2,3)16-13-9-5-4-6-10-14-11-7-8-12-14;1-2-6-12(7-3-1)15-10-13-8-4-5-9-14(13)11-15;1-2-3-6-11-9-10-12-7-4-5-8-13(11)12;1-2-5-9-7-3-6-8(9)4-1;1-6-5-7(2)9(4)8(6)3;1-2-3-6-9-7-4-5-8-9;;;;;;;;;;;;/h3*7-8,11-12H,4-6,9-10,13H2,1-3H3;1-11H;4-5,7-10H,2-3,6H2,1H3;1-7H;5H,1-4H3;4-5,7-8H,2-3,6H2,1H3;8*1H;;;;/q8*-1;;;;;;;;;4*+4/p-8. The maximum atomic E-state index is 5.68. The molecule has 0 aromatic heterocycles. The van der Waals surface area contributed by atoms with Crippen LogP contribution in [0.3, 0.4) is 0 Å². The van der Waals surface area contributed by atoms with Gasteiger partial charge in [-0.15, -0.1) is 105 Å².